The highest BCUT2D eigenvalue weighted by molar-refractivity contribution is 5.74. The summed E-state index contributed by atoms with van der Waals surface area (Å²) in [6, 6.07) is 6.02. The number of para-hydroxylation sites is 2. The van der Waals surface area contributed by atoms with Crippen molar-refractivity contribution >= 4 is 11.0 Å². The van der Waals surface area contributed by atoms with E-state index in [0.29, 0.717) is 5.52 Å². The Labute approximate surface area is 71.6 Å². The van der Waals surface area contributed by atoms with Crippen LogP contribution in [0.3, 0.4) is 0 Å². The molecule has 1 aromatic heterocycles. The minimum Gasteiger partial charge on any atom is -0.231 e. The van der Waals surface area contributed by atoms with Crippen molar-refractivity contribution in [3.8, 4) is 0 Å². The van der Waals surface area contributed by atoms with Crippen LogP contribution in [0.5, 0.6) is 0 Å². The maximum Gasteiger partial charge on any atom is 0.490 e. The second kappa shape index (κ2) is 2.48. The normalized spacial score (nSPS) is 12.2. The number of alkyl halides is 3. The van der Waals surface area contributed by atoms with E-state index in [9.17, 15) is 13.2 Å². The average molecular weight is 185 g/mol. The Balaban J connectivity index is 2.72. The molecule has 2 aromatic rings. The highest BCUT2D eigenvalue weighted by Gasteiger charge is 2.32. The van der Waals surface area contributed by atoms with Gasteiger partial charge in [-0.1, -0.05) is 12.1 Å². The molecule has 0 saturated carbocycles. The molecule has 0 aliphatic rings. The van der Waals surface area contributed by atoms with Crippen LogP contribution in [0.4, 0.5) is 13.2 Å². The number of aromatic nitrogens is 2. The first-order chi connectivity index (χ1) is 6.09. The quantitative estimate of drug-likeness (QED) is 0.615. The van der Waals surface area contributed by atoms with Gasteiger partial charge in [0.2, 0.25) is 0 Å². The molecule has 0 fully saturated rings. The van der Waals surface area contributed by atoms with E-state index in [4.69, 9.17) is 0 Å². The van der Waals surface area contributed by atoms with Crippen molar-refractivity contribution in [2.24, 2.45) is 0 Å². The van der Waals surface area contributed by atoms with Gasteiger partial charge in [-0.05, 0) is 12.1 Å². The summed E-state index contributed by atoms with van der Waals surface area (Å²) in [5, 5.41) is 0. The molecule has 1 aromatic carbocycles. The standard InChI is InChI=1S/C8H4F3N2/c9-8(10,11)13-5-12-6-3-1-2-4-7(6)13/h1-4H. The molecule has 5 heteroatoms. The number of halogens is 3. The van der Waals surface area contributed by atoms with Crippen molar-refractivity contribution in [3.63, 3.8) is 0 Å². The third-order valence-electron chi connectivity index (χ3n) is 1.65. The summed E-state index contributed by atoms with van der Waals surface area (Å²) in [4.78, 5) is 3.50. The fraction of sp³-hybridized carbons (Fsp3) is 0.125. The smallest absolute Gasteiger partial charge is 0.231 e. The minimum absolute atomic E-state index is 0.0231. The molecule has 13 heavy (non-hydrogen) atoms. The predicted molar refractivity (Wildman–Crippen MR) is 39.9 cm³/mol. The molecule has 0 bridgehead atoms. The third kappa shape index (κ3) is 1.26. The van der Waals surface area contributed by atoms with E-state index >= 15 is 0 Å². The molecule has 2 rings (SSSR count). The van der Waals surface area contributed by atoms with E-state index in [2.05, 4.69) is 4.98 Å². The highest BCUT2D eigenvalue weighted by Crippen LogP contribution is 2.26. The van der Waals surface area contributed by atoms with Crippen LogP contribution in [0.15, 0.2) is 24.3 Å². The molecule has 2 nitrogen and oxygen atoms in total. The van der Waals surface area contributed by atoms with E-state index in [-0.39, 0.29) is 10.1 Å². The summed E-state index contributed by atoms with van der Waals surface area (Å²) in [6.07, 6.45) is -2.55. The molecule has 0 saturated heterocycles. The van der Waals surface area contributed by atoms with Crippen molar-refractivity contribution in [1.29, 1.82) is 0 Å². The number of hydrogen-bond donors (Lipinski definition) is 0. The Morgan fingerprint density at radius 2 is 1.92 bits per heavy atom. The van der Waals surface area contributed by atoms with Crippen molar-refractivity contribution in [1.82, 2.24) is 9.55 Å². The second-order valence-corrected chi connectivity index (χ2v) is 2.50. The zero-order chi connectivity index (χ0) is 9.47. The highest BCUT2D eigenvalue weighted by atomic mass is 19.4. The Morgan fingerprint density at radius 1 is 1.23 bits per heavy atom. The number of hydrogen-bond acceptors (Lipinski definition) is 1. The lowest BCUT2D eigenvalue weighted by molar-refractivity contribution is -0.201. The van der Waals surface area contributed by atoms with Gasteiger partial charge in [-0.2, -0.15) is 0 Å². The van der Waals surface area contributed by atoms with Crippen LogP contribution in [-0.2, 0) is 6.30 Å². The van der Waals surface area contributed by atoms with Gasteiger partial charge in [0.1, 0.15) is 0 Å². The van der Waals surface area contributed by atoms with Crippen LogP contribution in [-0.4, -0.2) is 9.55 Å². The number of rotatable bonds is 0. The number of nitrogens with zero attached hydrogens (tertiary/aromatic N) is 2. The molecule has 0 amide bonds. The lowest BCUT2D eigenvalue weighted by Crippen LogP contribution is -2.15. The van der Waals surface area contributed by atoms with Gasteiger partial charge in [0.25, 0.3) is 0 Å². The SMILES string of the molecule is FC(F)(F)n1[c]nc2ccccc21. The largest absolute Gasteiger partial charge is 0.490 e. The minimum atomic E-state index is -4.45. The monoisotopic (exact) mass is 185 g/mol. The van der Waals surface area contributed by atoms with Crippen molar-refractivity contribution < 1.29 is 13.2 Å². The zero-order valence-corrected chi connectivity index (χ0v) is 6.34. The van der Waals surface area contributed by atoms with E-state index in [0.717, 1.165) is 0 Å². The molecule has 0 atom stereocenters. The van der Waals surface area contributed by atoms with Gasteiger partial charge in [0.05, 0.1) is 11.0 Å². The van der Waals surface area contributed by atoms with Crippen molar-refractivity contribution in [2.45, 2.75) is 6.30 Å². The second-order valence-electron chi connectivity index (χ2n) is 2.50. The average Bonchev–Trinajstić information content (AvgIpc) is 2.45. The van der Waals surface area contributed by atoms with Crippen LogP contribution < -0.4 is 0 Å². The van der Waals surface area contributed by atoms with Crippen LogP contribution in [0, 0.1) is 6.33 Å². The third-order valence-corrected chi connectivity index (χ3v) is 1.65. The van der Waals surface area contributed by atoms with Crippen LogP contribution in [0.1, 0.15) is 0 Å². The Bertz CT molecular complexity index is 430. The molecule has 1 radical (unpaired) electrons. The van der Waals surface area contributed by atoms with Gasteiger partial charge in [-0.3, -0.25) is 0 Å². The Kier molecular flexibility index (Phi) is 1.55. The first-order valence-electron chi connectivity index (χ1n) is 3.51. The van der Waals surface area contributed by atoms with Gasteiger partial charge in [-0.25, -0.2) is 9.55 Å². The molecular weight excluding hydrogens is 181 g/mol. The first-order valence-corrected chi connectivity index (χ1v) is 3.51. The fourth-order valence-corrected chi connectivity index (χ4v) is 1.10. The number of benzene rings is 1. The van der Waals surface area contributed by atoms with Crippen LogP contribution in [0.2, 0.25) is 0 Å². The summed E-state index contributed by atoms with van der Waals surface area (Å²) in [6.45, 7) is 0. The molecule has 0 aliphatic heterocycles. The molecule has 1 heterocycles. The number of fused-ring (bicyclic) bond motifs is 1. The molecule has 0 N–H and O–H groups in total. The van der Waals surface area contributed by atoms with Crippen LogP contribution in [0.25, 0.3) is 11.0 Å². The van der Waals surface area contributed by atoms with Gasteiger partial charge in [0, 0.05) is 0 Å². The number of imidazole rings is 1. The van der Waals surface area contributed by atoms with Gasteiger partial charge < -0.3 is 0 Å². The molecular formula is C8H4F3N2. The van der Waals surface area contributed by atoms with Crippen molar-refractivity contribution in [2.75, 3.05) is 0 Å². The first kappa shape index (κ1) is 8.10. The predicted octanol–water partition coefficient (Wildman–Crippen LogP) is 2.31. The van der Waals surface area contributed by atoms with Gasteiger partial charge in [0.15, 0.2) is 6.33 Å². The fourth-order valence-electron chi connectivity index (χ4n) is 1.10. The summed E-state index contributed by atoms with van der Waals surface area (Å²) >= 11 is 0. The lowest BCUT2D eigenvalue weighted by atomic mass is 10.3. The van der Waals surface area contributed by atoms with E-state index in [1.54, 1.807) is 6.07 Å². The van der Waals surface area contributed by atoms with Gasteiger partial charge >= 0.3 is 6.30 Å². The van der Waals surface area contributed by atoms with Crippen LogP contribution >= 0.6 is 0 Å². The maximum atomic E-state index is 12.2. The Hall–Kier alpha value is -1.52. The lowest BCUT2D eigenvalue weighted by Gasteiger charge is -2.06. The van der Waals surface area contributed by atoms with Crippen molar-refractivity contribution in [3.05, 3.63) is 30.6 Å². The molecule has 67 valence electrons. The van der Waals surface area contributed by atoms with E-state index in [1.165, 1.54) is 18.2 Å². The summed E-state index contributed by atoms with van der Waals surface area (Å²) < 4.78 is 36.8. The van der Waals surface area contributed by atoms with E-state index < -0.39 is 6.30 Å². The summed E-state index contributed by atoms with van der Waals surface area (Å²) in [5.74, 6) is 0. The zero-order valence-electron chi connectivity index (χ0n) is 6.34. The van der Waals surface area contributed by atoms with E-state index in [1.807, 2.05) is 6.33 Å². The Morgan fingerprint density at radius 3 is 2.62 bits per heavy atom. The maximum absolute atomic E-state index is 12.2. The molecule has 0 unspecified atom stereocenters. The summed E-state index contributed by atoms with van der Waals surface area (Å²) in [5.41, 5.74) is 0.315. The molecule has 0 aliphatic carbocycles. The topological polar surface area (TPSA) is 17.8 Å². The molecule has 0 spiro atoms. The summed E-state index contributed by atoms with van der Waals surface area (Å²) in [7, 11) is 0. The van der Waals surface area contributed by atoms with Gasteiger partial charge in [-0.15, -0.1) is 13.2 Å².